The summed E-state index contributed by atoms with van der Waals surface area (Å²) >= 11 is 0. The highest BCUT2D eigenvalue weighted by Crippen LogP contribution is 2.38. The zero-order valence-electron chi connectivity index (χ0n) is 32.8. The molecule has 2 atom stereocenters. The van der Waals surface area contributed by atoms with Crippen LogP contribution in [-0.4, -0.2) is 106 Å². The lowest BCUT2D eigenvalue weighted by molar-refractivity contribution is -0.135. The van der Waals surface area contributed by atoms with Crippen LogP contribution in [0.1, 0.15) is 75.5 Å². The number of aryl methyl sites for hydroxylation is 1. The van der Waals surface area contributed by atoms with Crippen molar-refractivity contribution < 1.29 is 28.7 Å². The van der Waals surface area contributed by atoms with Crippen molar-refractivity contribution in [3.05, 3.63) is 60.3 Å². The standard InChI is InChI=1S/C36H42N10O4.C3H6.C2H4O2/c1-37-20-32(47)38-14-4-3-7-31-39-19-29(40-31)24-11-10-22-16-26(44-45-27(22)17-24)23-12-13-25-28(18-23)42-34(41-25)30-6-5-15-46(30)35(48)33(21-8-9-21)43-36(49)50-2;1-2-3-1;1-4-2-3/h10-13,16-19,21,30,33,37H,3-9,14-15,20H2,1-2H3,(H,38,47)(H,39,40)(H,41,42)(H,43,49);1-3H2;2H,1H3. The number of unbranched alkanes of at least 4 members (excludes halogenated alkanes) is 1. The Kier molecular flexibility index (Phi) is 14.2. The number of benzene rings is 2. The summed E-state index contributed by atoms with van der Waals surface area (Å²) in [5.41, 5.74) is 5.99. The Hall–Kier alpha value is -5.90. The van der Waals surface area contributed by atoms with Crippen LogP contribution in [0.2, 0.25) is 0 Å². The smallest absolute Gasteiger partial charge is 0.407 e. The summed E-state index contributed by atoms with van der Waals surface area (Å²) in [6.07, 6.45) is 11.8. The molecule has 8 rings (SSSR count). The summed E-state index contributed by atoms with van der Waals surface area (Å²) in [6, 6.07) is 13.3. The largest absolute Gasteiger partial charge is 0.471 e. The molecule has 1 saturated heterocycles. The van der Waals surface area contributed by atoms with E-state index in [4.69, 9.17) is 14.5 Å². The van der Waals surface area contributed by atoms with Gasteiger partial charge in [-0.05, 0) is 75.8 Å². The molecule has 3 aliphatic rings. The fourth-order valence-corrected chi connectivity index (χ4v) is 6.69. The van der Waals surface area contributed by atoms with Gasteiger partial charge in [-0.15, -0.1) is 10.2 Å². The van der Waals surface area contributed by atoms with E-state index in [2.05, 4.69) is 51.9 Å². The second-order valence-electron chi connectivity index (χ2n) is 14.5. The Balaban J connectivity index is 0.000000719. The van der Waals surface area contributed by atoms with Crippen LogP contribution < -0.4 is 16.0 Å². The van der Waals surface area contributed by atoms with Gasteiger partial charge in [-0.2, -0.15) is 0 Å². The number of carbonyl (C=O) groups excluding carboxylic acids is 4. The van der Waals surface area contributed by atoms with E-state index in [0.29, 0.717) is 26.1 Å². The molecular formula is C41H52N10O6. The molecule has 3 aromatic heterocycles. The Morgan fingerprint density at radius 3 is 2.46 bits per heavy atom. The highest BCUT2D eigenvalue weighted by molar-refractivity contribution is 5.89. The number of carbonyl (C=O) groups is 4. The maximum Gasteiger partial charge on any atom is 0.407 e. The third-order valence-electron chi connectivity index (χ3n) is 9.94. The number of alkyl carbamates (subject to hydrolysis) is 1. The maximum absolute atomic E-state index is 13.6. The molecule has 2 unspecified atom stereocenters. The molecule has 57 heavy (non-hydrogen) atoms. The molecule has 5 N–H and O–H groups in total. The summed E-state index contributed by atoms with van der Waals surface area (Å²) in [5.74, 6) is 1.72. The molecule has 4 heterocycles. The molecule has 0 radical (unpaired) electrons. The number of H-pyrrole nitrogens is 2. The van der Waals surface area contributed by atoms with Crippen LogP contribution in [0, 0.1) is 5.92 Å². The number of likely N-dealkylation sites (N-methyl/N-ethyl adjacent to an activating group) is 1. The highest BCUT2D eigenvalue weighted by atomic mass is 16.5. The zero-order valence-corrected chi connectivity index (χ0v) is 32.8. The van der Waals surface area contributed by atoms with Gasteiger partial charge in [-0.25, -0.2) is 14.8 Å². The van der Waals surface area contributed by atoms with Gasteiger partial charge in [0.05, 0.1) is 60.9 Å². The number of hydrogen-bond donors (Lipinski definition) is 5. The first kappa shape index (κ1) is 40.8. The first-order chi connectivity index (χ1) is 27.8. The van der Waals surface area contributed by atoms with Crippen LogP contribution in [0.3, 0.4) is 0 Å². The van der Waals surface area contributed by atoms with E-state index in [1.165, 1.54) is 33.5 Å². The minimum atomic E-state index is -0.584. The van der Waals surface area contributed by atoms with Crippen molar-refractivity contribution in [3.8, 4) is 22.5 Å². The van der Waals surface area contributed by atoms with Gasteiger partial charge in [0, 0.05) is 36.0 Å². The van der Waals surface area contributed by atoms with Gasteiger partial charge in [0.2, 0.25) is 11.8 Å². The van der Waals surface area contributed by atoms with E-state index in [0.717, 1.165) is 101 Å². The summed E-state index contributed by atoms with van der Waals surface area (Å²) in [4.78, 5) is 64.2. The first-order valence-corrected chi connectivity index (χ1v) is 19.7. The number of amides is 3. The second-order valence-corrected chi connectivity index (χ2v) is 14.5. The molecule has 16 heteroatoms. The van der Waals surface area contributed by atoms with Crippen molar-refractivity contribution in [1.82, 2.24) is 51.0 Å². The average molecular weight is 781 g/mol. The zero-order chi connectivity index (χ0) is 40.1. The molecule has 3 amide bonds. The van der Waals surface area contributed by atoms with Crippen LogP contribution >= 0.6 is 0 Å². The fourth-order valence-electron chi connectivity index (χ4n) is 6.69. The SMILES string of the molecule is C1CC1.CNCC(=O)NCCCCc1ncc(-c2ccc3cc(-c4ccc5nc(C6CCCN6C(=O)C(NC(=O)OC)C6CC6)[nH]c5c4)nnc3c2)[nH]1.COC=O. The first-order valence-electron chi connectivity index (χ1n) is 19.7. The van der Waals surface area contributed by atoms with Crippen molar-refractivity contribution >= 4 is 46.3 Å². The lowest BCUT2D eigenvalue weighted by atomic mass is 10.1. The number of hydrogen-bond acceptors (Lipinski definition) is 11. The molecule has 0 bridgehead atoms. The second kappa shape index (κ2) is 19.8. The predicted molar refractivity (Wildman–Crippen MR) is 215 cm³/mol. The normalized spacial score (nSPS) is 16.1. The molecule has 2 aromatic carbocycles. The third kappa shape index (κ3) is 11.1. The van der Waals surface area contributed by atoms with Gasteiger partial charge < -0.3 is 40.3 Å². The number of nitrogens with one attached hydrogen (secondary N) is 5. The molecule has 16 nitrogen and oxygen atoms in total. The van der Waals surface area contributed by atoms with Crippen LogP contribution in [0.15, 0.2) is 48.7 Å². The predicted octanol–water partition coefficient (Wildman–Crippen LogP) is 4.98. The van der Waals surface area contributed by atoms with Crippen molar-refractivity contribution in [2.75, 3.05) is 40.9 Å². The molecule has 5 aromatic rings. The van der Waals surface area contributed by atoms with Gasteiger partial charge in [0.25, 0.3) is 6.47 Å². The Morgan fingerprint density at radius 1 is 0.947 bits per heavy atom. The number of aromatic amines is 2. The van der Waals surface area contributed by atoms with Gasteiger partial charge in [-0.3, -0.25) is 14.4 Å². The van der Waals surface area contributed by atoms with Gasteiger partial charge in [0.15, 0.2) is 0 Å². The molecule has 2 aliphatic carbocycles. The number of imidazole rings is 2. The van der Waals surface area contributed by atoms with E-state index >= 15 is 0 Å². The van der Waals surface area contributed by atoms with Crippen LogP contribution in [0.5, 0.6) is 0 Å². The number of methoxy groups -OCH3 is 2. The number of likely N-dealkylation sites (tertiary alicyclic amines) is 1. The molecule has 1 aliphatic heterocycles. The van der Waals surface area contributed by atoms with Crippen molar-refractivity contribution in [2.45, 2.75) is 76.3 Å². The van der Waals surface area contributed by atoms with E-state index < -0.39 is 12.1 Å². The topological polar surface area (TPSA) is 209 Å². The van der Waals surface area contributed by atoms with Crippen LogP contribution in [-0.2, 0) is 30.3 Å². The highest BCUT2D eigenvalue weighted by Gasteiger charge is 2.43. The molecule has 3 fully saturated rings. The number of nitrogens with zero attached hydrogens (tertiary/aromatic N) is 5. The molecule has 0 spiro atoms. The van der Waals surface area contributed by atoms with Crippen molar-refractivity contribution in [3.63, 3.8) is 0 Å². The third-order valence-corrected chi connectivity index (χ3v) is 9.94. The van der Waals surface area contributed by atoms with E-state index in [9.17, 15) is 14.4 Å². The minimum absolute atomic E-state index is 0.00411. The summed E-state index contributed by atoms with van der Waals surface area (Å²) in [5, 5.41) is 18.6. The maximum atomic E-state index is 13.6. The lowest BCUT2D eigenvalue weighted by Crippen LogP contribution is -2.49. The fraction of sp³-hybridized carbons (Fsp3) is 0.463. The van der Waals surface area contributed by atoms with Gasteiger partial charge >= 0.3 is 6.09 Å². The van der Waals surface area contributed by atoms with E-state index in [1.54, 1.807) is 7.05 Å². The van der Waals surface area contributed by atoms with Crippen LogP contribution in [0.25, 0.3) is 44.5 Å². The Bertz CT molecular complexity index is 2140. The molecular weight excluding hydrogens is 729 g/mol. The lowest BCUT2D eigenvalue weighted by Gasteiger charge is -2.28. The molecule has 302 valence electrons. The monoisotopic (exact) mass is 780 g/mol. The van der Waals surface area contributed by atoms with E-state index in [1.807, 2.05) is 47.5 Å². The Morgan fingerprint density at radius 2 is 1.74 bits per heavy atom. The van der Waals surface area contributed by atoms with Gasteiger partial charge in [-0.1, -0.05) is 37.5 Å². The Labute approximate surface area is 331 Å². The van der Waals surface area contributed by atoms with E-state index in [-0.39, 0.29) is 23.8 Å². The summed E-state index contributed by atoms with van der Waals surface area (Å²) in [7, 11) is 4.38. The number of rotatable bonds is 14. The average Bonchev–Trinajstić information content (AvgIpc) is 4.16. The van der Waals surface area contributed by atoms with Crippen molar-refractivity contribution in [2.24, 2.45) is 5.92 Å². The van der Waals surface area contributed by atoms with Crippen LogP contribution in [0.4, 0.5) is 4.79 Å². The minimum Gasteiger partial charge on any atom is -0.471 e. The number of aromatic nitrogens is 6. The number of fused-ring (bicyclic) bond motifs is 2. The quantitative estimate of drug-likeness (QED) is 0.0750. The summed E-state index contributed by atoms with van der Waals surface area (Å²) < 4.78 is 8.64. The molecule has 2 saturated carbocycles. The summed E-state index contributed by atoms with van der Waals surface area (Å²) in [6.45, 7) is 1.97. The van der Waals surface area contributed by atoms with Crippen molar-refractivity contribution in [1.29, 1.82) is 0 Å². The number of ether oxygens (including phenoxy) is 2. The van der Waals surface area contributed by atoms with Gasteiger partial charge in [0.1, 0.15) is 17.7 Å².